The van der Waals surface area contributed by atoms with Crippen molar-refractivity contribution in [2.45, 2.75) is 19.3 Å². The number of anilines is 1. The molecular formula is C17H21N5O3. The lowest BCUT2D eigenvalue weighted by Gasteiger charge is -2.08. The number of hydrogen-bond donors (Lipinski definition) is 2. The monoisotopic (exact) mass is 343 g/mol. The zero-order valence-corrected chi connectivity index (χ0v) is 13.9. The van der Waals surface area contributed by atoms with Crippen LogP contribution in [0, 0.1) is 5.92 Å². The largest absolute Gasteiger partial charge is 0.381 e. The Balaban J connectivity index is 1.36. The molecule has 25 heavy (non-hydrogen) atoms. The Kier molecular flexibility index (Phi) is 5.73. The molecule has 2 N–H and O–H groups in total. The van der Waals surface area contributed by atoms with Gasteiger partial charge in [0.2, 0.25) is 0 Å². The quantitative estimate of drug-likeness (QED) is 0.553. The lowest BCUT2D eigenvalue weighted by atomic mass is 10.3. The van der Waals surface area contributed by atoms with Gasteiger partial charge in [-0.3, -0.25) is 9.59 Å². The summed E-state index contributed by atoms with van der Waals surface area (Å²) in [5.74, 6) is -0.605. The molecule has 1 aromatic heterocycles. The Morgan fingerprint density at radius 3 is 2.68 bits per heavy atom. The van der Waals surface area contributed by atoms with E-state index in [-0.39, 0.29) is 0 Å². The fraction of sp³-hybridized carbons (Fsp3) is 0.412. The molecule has 0 spiro atoms. The first kappa shape index (κ1) is 17.1. The van der Waals surface area contributed by atoms with Gasteiger partial charge in [-0.15, -0.1) is 0 Å². The van der Waals surface area contributed by atoms with Gasteiger partial charge in [0.15, 0.2) is 0 Å². The number of ether oxygens (including phenoxy) is 1. The third kappa shape index (κ3) is 5.39. The average molecular weight is 343 g/mol. The minimum Gasteiger partial charge on any atom is -0.381 e. The summed E-state index contributed by atoms with van der Waals surface area (Å²) in [6.07, 6.45) is 6.23. The number of nitrogens with one attached hydrogen (secondary N) is 2. The first-order chi connectivity index (χ1) is 12.2. The van der Waals surface area contributed by atoms with E-state index < -0.39 is 11.8 Å². The summed E-state index contributed by atoms with van der Waals surface area (Å²) < 4.78 is 7.07. The fourth-order valence-electron chi connectivity index (χ4n) is 2.22. The molecule has 3 rings (SSSR count). The second kappa shape index (κ2) is 8.39. The summed E-state index contributed by atoms with van der Waals surface area (Å²) in [5, 5.41) is 9.17. The number of benzene rings is 1. The van der Waals surface area contributed by atoms with Gasteiger partial charge >= 0.3 is 11.8 Å². The van der Waals surface area contributed by atoms with E-state index in [9.17, 15) is 9.59 Å². The van der Waals surface area contributed by atoms with Crippen LogP contribution in [0.25, 0.3) is 5.69 Å². The number of carbonyl (C=O) groups excluding carboxylic acids is 2. The molecule has 1 heterocycles. The Labute approximate surface area is 145 Å². The number of nitrogens with zero attached hydrogens (tertiary/aromatic N) is 3. The topological polar surface area (TPSA) is 98.1 Å². The number of amides is 2. The highest BCUT2D eigenvalue weighted by Crippen LogP contribution is 2.28. The molecular weight excluding hydrogens is 322 g/mol. The molecule has 0 unspecified atom stereocenters. The van der Waals surface area contributed by atoms with Crippen molar-refractivity contribution in [2.24, 2.45) is 5.92 Å². The molecule has 132 valence electrons. The van der Waals surface area contributed by atoms with E-state index in [1.807, 2.05) is 0 Å². The van der Waals surface area contributed by atoms with Gasteiger partial charge in [-0.05, 0) is 49.4 Å². The zero-order chi connectivity index (χ0) is 17.5. The van der Waals surface area contributed by atoms with Crippen molar-refractivity contribution >= 4 is 17.5 Å². The van der Waals surface area contributed by atoms with Gasteiger partial charge in [-0.1, -0.05) is 0 Å². The molecule has 8 heteroatoms. The van der Waals surface area contributed by atoms with Gasteiger partial charge in [-0.25, -0.2) is 9.67 Å². The summed E-state index contributed by atoms with van der Waals surface area (Å²) in [6.45, 7) is 1.82. The molecule has 2 amide bonds. The lowest BCUT2D eigenvalue weighted by molar-refractivity contribution is -0.136. The minimum atomic E-state index is -0.688. The first-order valence-electron chi connectivity index (χ1n) is 8.34. The fourth-order valence-corrected chi connectivity index (χ4v) is 2.22. The lowest BCUT2D eigenvalue weighted by Crippen LogP contribution is -2.36. The molecule has 2 aromatic rings. The molecule has 0 bridgehead atoms. The maximum absolute atomic E-state index is 11.9. The van der Waals surface area contributed by atoms with Gasteiger partial charge in [0.25, 0.3) is 0 Å². The molecule has 1 aliphatic carbocycles. The van der Waals surface area contributed by atoms with Crippen molar-refractivity contribution in [3.63, 3.8) is 0 Å². The Bertz CT molecular complexity index is 696. The smallest absolute Gasteiger partial charge is 0.313 e. The second-order valence-corrected chi connectivity index (χ2v) is 5.97. The van der Waals surface area contributed by atoms with E-state index in [1.54, 1.807) is 35.3 Å². The van der Waals surface area contributed by atoms with Crippen LogP contribution in [0.3, 0.4) is 0 Å². The van der Waals surface area contributed by atoms with Crippen LogP contribution < -0.4 is 10.6 Å². The van der Waals surface area contributed by atoms with E-state index >= 15 is 0 Å². The van der Waals surface area contributed by atoms with Crippen molar-refractivity contribution in [1.29, 1.82) is 0 Å². The van der Waals surface area contributed by atoms with E-state index in [4.69, 9.17) is 4.74 Å². The summed E-state index contributed by atoms with van der Waals surface area (Å²) in [7, 11) is 0. The van der Waals surface area contributed by atoms with Crippen molar-refractivity contribution in [1.82, 2.24) is 20.1 Å². The standard InChI is InChI=1S/C17H21N5O3/c23-16(19-8-1-9-25-10-13-2-3-13)17(24)21-14-4-6-15(7-5-14)22-12-18-11-20-22/h4-7,11-13H,1-3,8-10H2,(H,19,23)(H,21,24). The van der Waals surface area contributed by atoms with Crippen LogP contribution in [0.4, 0.5) is 5.69 Å². The molecule has 8 nitrogen and oxygen atoms in total. The van der Waals surface area contributed by atoms with E-state index in [1.165, 1.54) is 19.2 Å². The summed E-state index contributed by atoms with van der Waals surface area (Å²) in [4.78, 5) is 27.5. The molecule has 0 radical (unpaired) electrons. The van der Waals surface area contributed by atoms with E-state index in [0.29, 0.717) is 25.3 Å². The van der Waals surface area contributed by atoms with Gasteiger partial charge in [0, 0.05) is 25.4 Å². The maximum atomic E-state index is 11.9. The molecule has 0 aliphatic heterocycles. The normalized spacial score (nSPS) is 13.4. The summed E-state index contributed by atoms with van der Waals surface area (Å²) in [6, 6.07) is 6.96. The number of hydrogen-bond acceptors (Lipinski definition) is 5. The SMILES string of the molecule is O=C(NCCCOCC1CC1)C(=O)Nc1ccc(-n2cncn2)cc1. The third-order valence-electron chi connectivity index (χ3n) is 3.82. The predicted octanol–water partition coefficient (Wildman–Crippen LogP) is 1.14. The van der Waals surface area contributed by atoms with Crippen LogP contribution in [0.2, 0.25) is 0 Å². The Morgan fingerprint density at radius 1 is 1.20 bits per heavy atom. The van der Waals surface area contributed by atoms with Crippen LogP contribution in [-0.4, -0.2) is 46.3 Å². The van der Waals surface area contributed by atoms with Crippen molar-refractivity contribution in [2.75, 3.05) is 25.1 Å². The van der Waals surface area contributed by atoms with Gasteiger partial charge in [-0.2, -0.15) is 5.10 Å². The molecule has 1 fully saturated rings. The number of aromatic nitrogens is 3. The predicted molar refractivity (Wildman–Crippen MR) is 91.2 cm³/mol. The van der Waals surface area contributed by atoms with Crippen LogP contribution in [0.15, 0.2) is 36.9 Å². The second-order valence-electron chi connectivity index (χ2n) is 5.97. The van der Waals surface area contributed by atoms with Crippen LogP contribution >= 0.6 is 0 Å². The van der Waals surface area contributed by atoms with Crippen molar-refractivity contribution in [3.05, 3.63) is 36.9 Å². The summed E-state index contributed by atoms with van der Waals surface area (Å²) >= 11 is 0. The molecule has 0 atom stereocenters. The van der Waals surface area contributed by atoms with Crippen LogP contribution in [-0.2, 0) is 14.3 Å². The van der Waals surface area contributed by atoms with Crippen LogP contribution in [0.1, 0.15) is 19.3 Å². The average Bonchev–Trinajstić information content (AvgIpc) is 3.29. The third-order valence-corrected chi connectivity index (χ3v) is 3.82. The van der Waals surface area contributed by atoms with Crippen LogP contribution in [0.5, 0.6) is 0 Å². The molecule has 1 aliphatic rings. The van der Waals surface area contributed by atoms with E-state index in [0.717, 1.165) is 18.2 Å². The minimum absolute atomic E-state index is 0.419. The highest BCUT2D eigenvalue weighted by molar-refractivity contribution is 6.39. The Hall–Kier alpha value is -2.74. The van der Waals surface area contributed by atoms with Gasteiger partial charge in [0.1, 0.15) is 12.7 Å². The first-order valence-corrected chi connectivity index (χ1v) is 8.34. The zero-order valence-electron chi connectivity index (χ0n) is 13.9. The molecule has 0 saturated heterocycles. The van der Waals surface area contributed by atoms with E-state index in [2.05, 4.69) is 20.7 Å². The van der Waals surface area contributed by atoms with Crippen molar-refractivity contribution < 1.29 is 14.3 Å². The molecule has 1 aromatic carbocycles. The number of carbonyl (C=O) groups is 2. The van der Waals surface area contributed by atoms with Gasteiger partial charge in [0.05, 0.1) is 5.69 Å². The molecule has 1 saturated carbocycles. The highest BCUT2D eigenvalue weighted by atomic mass is 16.5. The van der Waals surface area contributed by atoms with Crippen molar-refractivity contribution in [3.8, 4) is 5.69 Å². The van der Waals surface area contributed by atoms with Gasteiger partial charge < -0.3 is 15.4 Å². The summed E-state index contributed by atoms with van der Waals surface area (Å²) in [5.41, 5.74) is 1.35. The Morgan fingerprint density at radius 2 is 2.00 bits per heavy atom. The highest BCUT2D eigenvalue weighted by Gasteiger charge is 2.20. The number of rotatable bonds is 8. The maximum Gasteiger partial charge on any atom is 0.313 e.